The van der Waals surface area contributed by atoms with Crippen LogP contribution >= 0.6 is 15.9 Å². The van der Waals surface area contributed by atoms with Crippen molar-refractivity contribution < 1.29 is 19.4 Å². The van der Waals surface area contributed by atoms with E-state index in [0.717, 1.165) is 0 Å². The fraction of sp³-hybridized carbons (Fsp3) is 0.800. The maximum Gasteiger partial charge on any atom is 0.323 e. The Kier molecular flexibility index (Phi) is 7.33. The monoisotopic (exact) mass is 295 g/mol. The third-order valence-corrected chi connectivity index (χ3v) is 2.68. The number of esters is 1. The fourth-order valence-electron chi connectivity index (χ4n) is 1.36. The van der Waals surface area contributed by atoms with E-state index < -0.39 is 24.0 Å². The summed E-state index contributed by atoms with van der Waals surface area (Å²) < 4.78 is 4.87. The fourth-order valence-corrected chi connectivity index (χ4v) is 1.77. The van der Waals surface area contributed by atoms with Crippen LogP contribution in [0.3, 0.4) is 0 Å². The van der Waals surface area contributed by atoms with Crippen LogP contribution in [0.1, 0.15) is 20.8 Å². The average Bonchev–Trinajstić information content (AvgIpc) is 2.24. The highest BCUT2D eigenvalue weighted by molar-refractivity contribution is 9.09. The standard InChI is InChI=1S/C10H18BrNO4/c1-4-16-10(15)8(3)12(6-5-11)7(2)9(13)14/h7-8H,4-6H2,1-3H3,(H,13,14). The molecule has 94 valence electrons. The van der Waals surface area contributed by atoms with Crippen LogP contribution in [0, 0.1) is 0 Å². The zero-order chi connectivity index (χ0) is 12.7. The van der Waals surface area contributed by atoms with Gasteiger partial charge in [0, 0.05) is 11.9 Å². The smallest absolute Gasteiger partial charge is 0.323 e. The second kappa shape index (κ2) is 7.62. The number of ether oxygens (including phenoxy) is 1. The predicted octanol–water partition coefficient (Wildman–Crippen LogP) is 1.11. The largest absolute Gasteiger partial charge is 0.480 e. The molecule has 5 nitrogen and oxygen atoms in total. The second-order valence-corrected chi connectivity index (χ2v) is 4.16. The number of carbonyl (C=O) groups excluding carboxylic acids is 1. The van der Waals surface area contributed by atoms with Gasteiger partial charge in [-0.1, -0.05) is 15.9 Å². The highest BCUT2D eigenvalue weighted by atomic mass is 79.9. The number of alkyl halides is 1. The molecule has 0 radical (unpaired) electrons. The first-order valence-electron chi connectivity index (χ1n) is 5.16. The van der Waals surface area contributed by atoms with Crippen LogP contribution in [0.15, 0.2) is 0 Å². The summed E-state index contributed by atoms with van der Waals surface area (Å²) in [6.45, 7) is 5.71. The Morgan fingerprint density at radius 2 is 1.94 bits per heavy atom. The van der Waals surface area contributed by atoms with Crippen molar-refractivity contribution in [3.05, 3.63) is 0 Å². The number of hydrogen-bond donors (Lipinski definition) is 1. The van der Waals surface area contributed by atoms with Gasteiger partial charge in [0.1, 0.15) is 12.1 Å². The lowest BCUT2D eigenvalue weighted by Gasteiger charge is -2.30. The quantitative estimate of drug-likeness (QED) is 0.563. The zero-order valence-electron chi connectivity index (χ0n) is 9.77. The molecule has 0 aromatic carbocycles. The Balaban J connectivity index is 4.63. The highest BCUT2D eigenvalue weighted by Crippen LogP contribution is 2.08. The van der Waals surface area contributed by atoms with Crippen molar-refractivity contribution in [1.29, 1.82) is 0 Å². The molecule has 0 aliphatic rings. The summed E-state index contributed by atoms with van der Waals surface area (Å²) in [6.07, 6.45) is 0. The molecule has 0 saturated heterocycles. The lowest BCUT2D eigenvalue weighted by molar-refractivity contribution is -0.153. The van der Waals surface area contributed by atoms with E-state index in [9.17, 15) is 9.59 Å². The molecule has 0 spiro atoms. The molecular weight excluding hydrogens is 278 g/mol. The maximum atomic E-state index is 11.5. The molecule has 16 heavy (non-hydrogen) atoms. The lowest BCUT2D eigenvalue weighted by atomic mass is 10.2. The third-order valence-electron chi connectivity index (χ3n) is 2.32. The molecule has 2 unspecified atom stereocenters. The zero-order valence-corrected chi connectivity index (χ0v) is 11.4. The average molecular weight is 296 g/mol. The summed E-state index contributed by atoms with van der Waals surface area (Å²) in [7, 11) is 0. The van der Waals surface area contributed by atoms with Gasteiger partial charge in [-0.15, -0.1) is 0 Å². The van der Waals surface area contributed by atoms with E-state index in [1.54, 1.807) is 25.7 Å². The molecule has 0 aromatic heterocycles. The van der Waals surface area contributed by atoms with Crippen LogP contribution in [-0.2, 0) is 14.3 Å². The molecule has 0 heterocycles. The highest BCUT2D eigenvalue weighted by Gasteiger charge is 2.29. The minimum absolute atomic E-state index is 0.298. The number of halogens is 1. The number of carbonyl (C=O) groups is 2. The third kappa shape index (κ3) is 4.49. The summed E-state index contributed by atoms with van der Waals surface area (Å²) in [4.78, 5) is 24.0. The van der Waals surface area contributed by atoms with E-state index in [4.69, 9.17) is 9.84 Å². The van der Waals surface area contributed by atoms with Crippen molar-refractivity contribution >= 4 is 27.9 Å². The van der Waals surface area contributed by atoms with Crippen LogP contribution in [0.4, 0.5) is 0 Å². The Hall–Kier alpha value is -0.620. The number of carboxylic acid groups (broad SMARTS) is 1. The first-order chi connectivity index (χ1) is 7.45. The Labute approximate surface area is 104 Å². The number of carboxylic acids is 1. The van der Waals surface area contributed by atoms with Crippen molar-refractivity contribution in [3.8, 4) is 0 Å². The van der Waals surface area contributed by atoms with Gasteiger partial charge in [0.05, 0.1) is 6.61 Å². The molecule has 0 rings (SSSR count). The van der Waals surface area contributed by atoms with Crippen LogP contribution in [0.25, 0.3) is 0 Å². The number of nitrogens with zero attached hydrogens (tertiary/aromatic N) is 1. The minimum atomic E-state index is -0.947. The van der Waals surface area contributed by atoms with Crippen LogP contribution in [-0.4, -0.2) is 52.5 Å². The molecule has 0 bridgehead atoms. The van der Waals surface area contributed by atoms with Gasteiger partial charge < -0.3 is 9.84 Å². The second-order valence-electron chi connectivity index (χ2n) is 3.37. The van der Waals surface area contributed by atoms with Gasteiger partial charge in [0.15, 0.2) is 0 Å². The molecule has 0 fully saturated rings. The lowest BCUT2D eigenvalue weighted by Crippen LogP contribution is -2.49. The van der Waals surface area contributed by atoms with Crippen LogP contribution in [0.5, 0.6) is 0 Å². The van der Waals surface area contributed by atoms with Crippen LogP contribution in [0.2, 0.25) is 0 Å². The predicted molar refractivity (Wildman–Crippen MR) is 63.7 cm³/mol. The van der Waals surface area contributed by atoms with Gasteiger partial charge in [-0.25, -0.2) is 0 Å². The topological polar surface area (TPSA) is 66.8 Å². The van der Waals surface area contributed by atoms with E-state index in [2.05, 4.69) is 15.9 Å². The molecule has 0 aliphatic carbocycles. The van der Waals surface area contributed by atoms with E-state index in [-0.39, 0.29) is 0 Å². The molecular formula is C10H18BrNO4. The van der Waals surface area contributed by atoms with Gasteiger partial charge >= 0.3 is 11.9 Å². The Bertz CT molecular complexity index is 247. The summed E-state index contributed by atoms with van der Waals surface area (Å²) in [6, 6.07) is -1.26. The maximum absolute atomic E-state index is 11.5. The van der Waals surface area contributed by atoms with Gasteiger partial charge in [-0.3, -0.25) is 14.5 Å². The molecule has 6 heteroatoms. The molecule has 0 aromatic rings. The first-order valence-corrected chi connectivity index (χ1v) is 6.29. The van der Waals surface area contributed by atoms with Gasteiger partial charge in [0.25, 0.3) is 0 Å². The molecule has 1 N–H and O–H groups in total. The molecule has 2 atom stereocenters. The normalized spacial score (nSPS) is 14.6. The van der Waals surface area contributed by atoms with E-state index in [1.165, 1.54) is 0 Å². The van der Waals surface area contributed by atoms with E-state index in [1.807, 2.05) is 0 Å². The van der Waals surface area contributed by atoms with Crippen LogP contribution < -0.4 is 0 Å². The summed E-state index contributed by atoms with van der Waals surface area (Å²) >= 11 is 3.24. The van der Waals surface area contributed by atoms with Crippen molar-refractivity contribution in [2.75, 3.05) is 18.5 Å². The Morgan fingerprint density at radius 3 is 2.31 bits per heavy atom. The number of aliphatic carboxylic acids is 1. The first kappa shape index (κ1) is 15.4. The van der Waals surface area contributed by atoms with E-state index >= 15 is 0 Å². The minimum Gasteiger partial charge on any atom is -0.480 e. The van der Waals surface area contributed by atoms with Gasteiger partial charge in [-0.2, -0.15) is 0 Å². The summed E-state index contributed by atoms with van der Waals surface area (Å²) in [5.74, 6) is -1.34. The molecule has 0 amide bonds. The van der Waals surface area contributed by atoms with Crippen molar-refractivity contribution in [1.82, 2.24) is 4.90 Å². The Morgan fingerprint density at radius 1 is 1.38 bits per heavy atom. The molecule has 0 aliphatic heterocycles. The SMILES string of the molecule is CCOC(=O)C(C)N(CCBr)C(C)C(=O)O. The van der Waals surface area contributed by atoms with Gasteiger partial charge in [-0.05, 0) is 20.8 Å². The van der Waals surface area contributed by atoms with Crippen molar-refractivity contribution in [2.45, 2.75) is 32.9 Å². The number of hydrogen-bond acceptors (Lipinski definition) is 4. The number of rotatable bonds is 7. The van der Waals surface area contributed by atoms with Gasteiger partial charge in [0.2, 0.25) is 0 Å². The van der Waals surface area contributed by atoms with Crippen molar-refractivity contribution in [3.63, 3.8) is 0 Å². The molecule has 0 saturated carbocycles. The van der Waals surface area contributed by atoms with Crippen molar-refractivity contribution in [2.24, 2.45) is 0 Å². The summed E-state index contributed by atoms with van der Waals surface area (Å²) in [5, 5.41) is 9.54. The summed E-state index contributed by atoms with van der Waals surface area (Å²) in [5.41, 5.74) is 0. The van der Waals surface area contributed by atoms with E-state index in [0.29, 0.717) is 18.5 Å².